The highest BCUT2D eigenvalue weighted by Gasteiger charge is 2.21. The van der Waals surface area contributed by atoms with Crippen LogP contribution in [0.5, 0.6) is 0 Å². The van der Waals surface area contributed by atoms with Crippen molar-refractivity contribution in [1.29, 1.82) is 0 Å². The predicted octanol–water partition coefficient (Wildman–Crippen LogP) is 3.01. The van der Waals surface area contributed by atoms with Crippen molar-refractivity contribution >= 4 is 34.9 Å². The van der Waals surface area contributed by atoms with Crippen LogP contribution in [0.1, 0.15) is 45.4 Å². The summed E-state index contributed by atoms with van der Waals surface area (Å²) in [4.78, 5) is 14.3. The first-order valence-electron chi connectivity index (χ1n) is 9.53. The minimum atomic E-state index is 0.547. The second kappa shape index (κ2) is 8.65. The molecular formula is C18H30N6S. The Kier molecular flexibility index (Phi) is 6.29. The van der Waals surface area contributed by atoms with Gasteiger partial charge in [-0.1, -0.05) is 19.8 Å². The summed E-state index contributed by atoms with van der Waals surface area (Å²) in [6, 6.07) is 2.16. The van der Waals surface area contributed by atoms with E-state index in [1.807, 2.05) is 0 Å². The highest BCUT2D eigenvalue weighted by molar-refractivity contribution is 7.80. The molecule has 138 valence electrons. The molecule has 2 fully saturated rings. The zero-order valence-electron chi connectivity index (χ0n) is 15.4. The molecule has 0 aromatic carbocycles. The molecule has 2 saturated heterocycles. The molecule has 0 aliphatic carbocycles. The summed E-state index contributed by atoms with van der Waals surface area (Å²) in [5.74, 6) is 3.34. The standard InChI is InChI=1S/C18H30N6S/c1-14-8-7-11-24(13-14)16-12-15(23-9-5-3-4-6-10-23)20-17(21-16)22-18(25)19-2/h12,14H,3-11,13H2,1-2H3,(H2,19,20,21,22,25)/t14-/m1/s1. The van der Waals surface area contributed by atoms with Crippen molar-refractivity contribution < 1.29 is 0 Å². The second-order valence-corrected chi connectivity index (χ2v) is 7.61. The minimum absolute atomic E-state index is 0.547. The SMILES string of the molecule is CNC(=S)Nc1nc(N2CCCCCC2)cc(N2CCC[C@@H](C)C2)n1. The van der Waals surface area contributed by atoms with Gasteiger partial charge in [0.05, 0.1) is 0 Å². The first kappa shape index (κ1) is 18.2. The summed E-state index contributed by atoms with van der Waals surface area (Å²) in [5, 5.41) is 6.61. The largest absolute Gasteiger partial charge is 0.365 e. The van der Waals surface area contributed by atoms with Crippen LogP contribution in [0.2, 0.25) is 0 Å². The van der Waals surface area contributed by atoms with Crippen molar-refractivity contribution in [1.82, 2.24) is 15.3 Å². The fraction of sp³-hybridized carbons (Fsp3) is 0.722. The average Bonchev–Trinajstić information content (AvgIpc) is 2.91. The van der Waals surface area contributed by atoms with E-state index in [1.165, 1.54) is 38.5 Å². The number of nitrogens with one attached hydrogen (secondary N) is 2. The molecule has 0 saturated carbocycles. The third-order valence-corrected chi connectivity index (χ3v) is 5.37. The lowest BCUT2D eigenvalue weighted by molar-refractivity contribution is 0.444. The van der Waals surface area contributed by atoms with Crippen LogP contribution in [-0.4, -0.2) is 48.3 Å². The van der Waals surface area contributed by atoms with Crippen LogP contribution in [0.25, 0.3) is 0 Å². The van der Waals surface area contributed by atoms with Gasteiger partial charge in [-0.3, -0.25) is 0 Å². The smallest absolute Gasteiger partial charge is 0.232 e. The molecule has 2 aliphatic rings. The van der Waals surface area contributed by atoms with E-state index >= 15 is 0 Å². The summed E-state index contributed by atoms with van der Waals surface area (Å²) in [5.41, 5.74) is 0. The maximum absolute atomic E-state index is 5.25. The molecule has 0 bridgehead atoms. The van der Waals surface area contributed by atoms with Gasteiger partial charge in [0.1, 0.15) is 11.6 Å². The lowest BCUT2D eigenvalue weighted by Crippen LogP contribution is -2.36. The van der Waals surface area contributed by atoms with Gasteiger partial charge < -0.3 is 20.4 Å². The Hall–Kier alpha value is -1.63. The predicted molar refractivity (Wildman–Crippen MR) is 109 cm³/mol. The molecule has 6 nitrogen and oxygen atoms in total. The van der Waals surface area contributed by atoms with E-state index < -0.39 is 0 Å². The first-order chi connectivity index (χ1) is 12.2. The topological polar surface area (TPSA) is 56.3 Å². The highest BCUT2D eigenvalue weighted by Crippen LogP contribution is 2.27. The first-order valence-corrected chi connectivity index (χ1v) is 9.94. The average molecular weight is 363 g/mol. The number of piperidine rings is 1. The quantitative estimate of drug-likeness (QED) is 0.802. The number of hydrogen-bond acceptors (Lipinski definition) is 5. The van der Waals surface area contributed by atoms with Crippen LogP contribution in [0.3, 0.4) is 0 Å². The van der Waals surface area contributed by atoms with Gasteiger partial charge in [0.2, 0.25) is 5.95 Å². The molecule has 1 aromatic rings. The van der Waals surface area contributed by atoms with Gasteiger partial charge in [-0.05, 0) is 43.8 Å². The molecule has 3 rings (SSSR count). The molecule has 2 aliphatic heterocycles. The Balaban J connectivity index is 1.88. The monoisotopic (exact) mass is 362 g/mol. The van der Waals surface area contributed by atoms with Crippen LogP contribution in [-0.2, 0) is 0 Å². The normalized spacial score (nSPS) is 21.6. The second-order valence-electron chi connectivity index (χ2n) is 7.21. The Morgan fingerprint density at radius 3 is 2.32 bits per heavy atom. The van der Waals surface area contributed by atoms with E-state index in [-0.39, 0.29) is 0 Å². The van der Waals surface area contributed by atoms with Crippen LogP contribution < -0.4 is 20.4 Å². The minimum Gasteiger partial charge on any atom is -0.365 e. The fourth-order valence-electron chi connectivity index (χ4n) is 3.66. The van der Waals surface area contributed by atoms with Gasteiger partial charge in [-0.25, -0.2) is 0 Å². The maximum Gasteiger partial charge on any atom is 0.232 e. The van der Waals surface area contributed by atoms with Gasteiger partial charge in [0.25, 0.3) is 0 Å². The lowest BCUT2D eigenvalue weighted by Gasteiger charge is -2.33. The van der Waals surface area contributed by atoms with E-state index in [1.54, 1.807) is 7.05 Å². The van der Waals surface area contributed by atoms with Crippen molar-refractivity contribution in [2.24, 2.45) is 5.92 Å². The highest BCUT2D eigenvalue weighted by atomic mass is 32.1. The zero-order chi connectivity index (χ0) is 17.6. The van der Waals surface area contributed by atoms with E-state index in [0.717, 1.165) is 37.8 Å². The number of rotatable bonds is 3. The van der Waals surface area contributed by atoms with Crippen LogP contribution in [0.15, 0.2) is 6.07 Å². The van der Waals surface area contributed by atoms with Crippen molar-refractivity contribution in [2.75, 3.05) is 48.3 Å². The Morgan fingerprint density at radius 1 is 1.04 bits per heavy atom. The summed E-state index contributed by atoms with van der Waals surface area (Å²) in [6.07, 6.45) is 7.62. The molecule has 0 unspecified atom stereocenters. The number of nitrogens with zero attached hydrogens (tertiary/aromatic N) is 4. The Labute approximate surface area is 156 Å². The van der Waals surface area contributed by atoms with E-state index in [9.17, 15) is 0 Å². The molecule has 2 N–H and O–H groups in total. The summed E-state index contributed by atoms with van der Waals surface area (Å²) >= 11 is 5.25. The zero-order valence-corrected chi connectivity index (χ0v) is 16.2. The molecule has 7 heteroatoms. The fourth-order valence-corrected chi connectivity index (χ4v) is 3.75. The van der Waals surface area contributed by atoms with Crippen molar-refractivity contribution in [2.45, 2.75) is 45.4 Å². The van der Waals surface area contributed by atoms with E-state index in [2.05, 4.69) is 33.4 Å². The molecule has 1 aromatic heterocycles. The molecule has 1 atom stereocenters. The summed E-state index contributed by atoms with van der Waals surface area (Å²) in [6.45, 7) is 6.59. The summed E-state index contributed by atoms with van der Waals surface area (Å²) < 4.78 is 0. The van der Waals surface area contributed by atoms with Crippen molar-refractivity contribution in [3.05, 3.63) is 6.07 Å². The van der Waals surface area contributed by atoms with Gasteiger partial charge in [-0.15, -0.1) is 0 Å². The lowest BCUT2D eigenvalue weighted by atomic mass is 10.0. The molecule has 3 heterocycles. The summed E-state index contributed by atoms with van der Waals surface area (Å²) in [7, 11) is 1.81. The third kappa shape index (κ3) is 4.93. The molecular weight excluding hydrogens is 332 g/mol. The third-order valence-electron chi connectivity index (χ3n) is 5.06. The van der Waals surface area contributed by atoms with Crippen LogP contribution >= 0.6 is 12.2 Å². The maximum atomic E-state index is 5.25. The van der Waals surface area contributed by atoms with Crippen molar-refractivity contribution in [3.63, 3.8) is 0 Å². The number of hydrogen-bond donors (Lipinski definition) is 2. The molecule has 0 spiro atoms. The van der Waals surface area contributed by atoms with Gasteiger partial charge in [0.15, 0.2) is 5.11 Å². The Morgan fingerprint density at radius 2 is 1.68 bits per heavy atom. The van der Waals surface area contributed by atoms with Gasteiger partial charge in [-0.2, -0.15) is 9.97 Å². The number of anilines is 3. The molecule has 25 heavy (non-hydrogen) atoms. The molecule has 0 radical (unpaired) electrons. The van der Waals surface area contributed by atoms with E-state index in [0.29, 0.717) is 17.0 Å². The van der Waals surface area contributed by atoms with Gasteiger partial charge in [0, 0.05) is 39.3 Å². The Bertz CT molecular complexity index is 565. The number of thiocarbonyl (C=S) groups is 1. The van der Waals surface area contributed by atoms with E-state index in [4.69, 9.17) is 22.2 Å². The van der Waals surface area contributed by atoms with Crippen LogP contribution in [0, 0.1) is 5.92 Å². The number of aromatic nitrogens is 2. The van der Waals surface area contributed by atoms with Crippen molar-refractivity contribution in [3.8, 4) is 0 Å². The van der Waals surface area contributed by atoms with Gasteiger partial charge >= 0.3 is 0 Å². The molecule has 0 amide bonds. The van der Waals surface area contributed by atoms with Crippen LogP contribution in [0.4, 0.5) is 17.6 Å².